The van der Waals surface area contributed by atoms with E-state index in [-0.39, 0.29) is 0 Å². The summed E-state index contributed by atoms with van der Waals surface area (Å²) in [7, 11) is 0. The van der Waals surface area contributed by atoms with E-state index in [1.165, 1.54) is 12.8 Å². The lowest BCUT2D eigenvalue weighted by molar-refractivity contribution is 0.0818. The predicted molar refractivity (Wildman–Crippen MR) is 79.8 cm³/mol. The molecule has 3 nitrogen and oxygen atoms in total. The van der Waals surface area contributed by atoms with Crippen LogP contribution in [0.4, 0.5) is 5.69 Å². The first-order chi connectivity index (χ1) is 9.06. The smallest absolute Gasteiger partial charge is 0.0916 e. The number of β-amino-alcohol motifs (C(OH)–C–C–N with tert-alkyl or cyclic N) is 1. The van der Waals surface area contributed by atoms with Crippen LogP contribution in [0, 0.1) is 11.8 Å². The van der Waals surface area contributed by atoms with Gasteiger partial charge in [-0.25, -0.2) is 0 Å². The molecule has 2 rings (SSSR count). The Morgan fingerprint density at radius 3 is 2.32 bits per heavy atom. The maximum absolute atomic E-state index is 10.3. The number of aliphatic hydroxyl groups is 1. The summed E-state index contributed by atoms with van der Waals surface area (Å²) in [6, 6.07) is 7.54. The number of nitrogens with zero attached hydrogens (tertiary/aromatic N) is 1. The Morgan fingerprint density at radius 1 is 1.21 bits per heavy atom. The van der Waals surface area contributed by atoms with E-state index < -0.39 is 6.10 Å². The fraction of sp³-hybridized carbons (Fsp3) is 0.625. The number of nitrogens with two attached hydrogens (primary N) is 1. The lowest BCUT2D eigenvalue weighted by Crippen LogP contribution is -2.37. The van der Waals surface area contributed by atoms with Crippen molar-refractivity contribution in [2.75, 3.05) is 25.4 Å². The van der Waals surface area contributed by atoms with E-state index in [4.69, 9.17) is 5.73 Å². The predicted octanol–water partition coefficient (Wildman–Crippen LogP) is 2.67. The van der Waals surface area contributed by atoms with Gasteiger partial charge in [-0.1, -0.05) is 26.0 Å². The van der Waals surface area contributed by atoms with Crippen molar-refractivity contribution in [1.82, 2.24) is 4.90 Å². The van der Waals surface area contributed by atoms with Crippen LogP contribution in [0.2, 0.25) is 0 Å². The van der Waals surface area contributed by atoms with Gasteiger partial charge in [-0.2, -0.15) is 0 Å². The summed E-state index contributed by atoms with van der Waals surface area (Å²) in [5.74, 6) is 1.63. The molecule has 3 heteroatoms. The monoisotopic (exact) mass is 262 g/mol. The van der Waals surface area contributed by atoms with Crippen LogP contribution in [-0.2, 0) is 0 Å². The highest BCUT2D eigenvalue weighted by Crippen LogP contribution is 2.26. The minimum absolute atomic E-state index is 0.406. The largest absolute Gasteiger partial charge is 0.399 e. The van der Waals surface area contributed by atoms with E-state index in [0.717, 1.165) is 42.7 Å². The van der Waals surface area contributed by atoms with Gasteiger partial charge in [0, 0.05) is 12.2 Å². The van der Waals surface area contributed by atoms with Crippen LogP contribution < -0.4 is 5.73 Å². The van der Waals surface area contributed by atoms with Crippen LogP contribution in [0.5, 0.6) is 0 Å². The van der Waals surface area contributed by atoms with Gasteiger partial charge >= 0.3 is 0 Å². The number of benzene rings is 1. The van der Waals surface area contributed by atoms with Crippen LogP contribution >= 0.6 is 0 Å². The standard InChI is InChI=1S/C16H26N2O/c1-12(2)13-7-9-18(10-8-13)11-16(19)14-3-5-15(17)6-4-14/h3-6,12-13,16,19H,7-11,17H2,1-2H3. The first-order valence-corrected chi connectivity index (χ1v) is 7.32. The van der Waals surface area contributed by atoms with E-state index in [0.29, 0.717) is 0 Å². The van der Waals surface area contributed by atoms with Gasteiger partial charge in [-0.15, -0.1) is 0 Å². The van der Waals surface area contributed by atoms with Crippen molar-refractivity contribution in [3.8, 4) is 0 Å². The molecule has 0 radical (unpaired) electrons. The Labute approximate surface area is 116 Å². The molecule has 1 saturated heterocycles. The quantitative estimate of drug-likeness (QED) is 0.820. The third-order valence-corrected chi connectivity index (χ3v) is 4.33. The summed E-state index contributed by atoms with van der Waals surface area (Å²) >= 11 is 0. The average molecular weight is 262 g/mol. The molecule has 1 fully saturated rings. The van der Waals surface area contributed by atoms with Gasteiger partial charge in [0.05, 0.1) is 6.10 Å². The molecule has 3 N–H and O–H groups in total. The molecule has 0 saturated carbocycles. The molecule has 1 aliphatic heterocycles. The summed E-state index contributed by atoms with van der Waals surface area (Å²) in [4.78, 5) is 2.37. The second-order valence-corrected chi connectivity index (χ2v) is 6.06. The lowest BCUT2D eigenvalue weighted by Gasteiger charge is -2.34. The Morgan fingerprint density at radius 2 is 1.79 bits per heavy atom. The Balaban J connectivity index is 1.83. The van der Waals surface area contributed by atoms with Crippen molar-refractivity contribution in [3.05, 3.63) is 29.8 Å². The normalized spacial score (nSPS) is 19.8. The van der Waals surface area contributed by atoms with Crippen molar-refractivity contribution in [3.63, 3.8) is 0 Å². The summed E-state index contributed by atoms with van der Waals surface area (Å²) in [5, 5.41) is 10.3. The summed E-state index contributed by atoms with van der Waals surface area (Å²) in [6.07, 6.45) is 2.11. The van der Waals surface area contributed by atoms with E-state index in [9.17, 15) is 5.11 Å². The minimum Gasteiger partial charge on any atom is -0.399 e. The molecule has 0 amide bonds. The molecule has 106 valence electrons. The van der Waals surface area contributed by atoms with Crippen LogP contribution in [0.25, 0.3) is 0 Å². The van der Waals surface area contributed by atoms with Crippen molar-refractivity contribution < 1.29 is 5.11 Å². The van der Waals surface area contributed by atoms with Gasteiger partial charge in [0.25, 0.3) is 0 Å². The van der Waals surface area contributed by atoms with Crippen molar-refractivity contribution >= 4 is 5.69 Å². The first-order valence-electron chi connectivity index (χ1n) is 7.32. The van der Waals surface area contributed by atoms with Gasteiger partial charge in [-0.05, 0) is 55.5 Å². The average Bonchev–Trinajstić information content (AvgIpc) is 2.40. The highest BCUT2D eigenvalue weighted by Gasteiger charge is 2.23. The van der Waals surface area contributed by atoms with Gasteiger partial charge in [0.1, 0.15) is 0 Å². The highest BCUT2D eigenvalue weighted by atomic mass is 16.3. The molecule has 1 aromatic rings. The second kappa shape index (κ2) is 6.40. The van der Waals surface area contributed by atoms with Crippen LogP contribution in [0.3, 0.4) is 0 Å². The molecular formula is C16H26N2O. The zero-order valence-corrected chi connectivity index (χ0v) is 12.0. The van der Waals surface area contributed by atoms with Gasteiger partial charge < -0.3 is 15.7 Å². The number of nitrogen functional groups attached to an aromatic ring is 1. The van der Waals surface area contributed by atoms with Gasteiger partial charge in [-0.3, -0.25) is 0 Å². The maximum Gasteiger partial charge on any atom is 0.0916 e. The van der Waals surface area contributed by atoms with Crippen molar-refractivity contribution in [2.24, 2.45) is 11.8 Å². The van der Waals surface area contributed by atoms with Crippen LogP contribution in [0.1, 0.15) is 38.4 Å². The second-order valence-electron chi connectivity index (χ2n) is 6.06. The van der Waals surface area contributed by atoms with E-state index in [2.05, 4.69) is 18.7 Å². The molecule has 1 aromatic carbocycles. The molecule has 19 heavy (non-hydrogen) atoms. The van der Waals surface area contributed by atoms with Crippen molar-refractivity contribution in [1.29, 1.82) is 0 Å². The maximum atomic E-state index is 10.3. The summed E-state index contributed by atoms with van der Waals surface area (Å²) < 4.78 is 0. The van der Waals surface area contributed by atoms with E-state index in [1.54, 1.807) is 0 Å². The number of aliphatic hydroxyl groups excluding tert-OH is 1. The fourth-order valence-electron chi connectivity index (χ4n) is 2.87. The molecule has 0 aromatic heterocycles. The number of anilines is 1. The number of likely N-dealkylation sites (tertiary alicyclic amines) is 1. The number of rotatable bonds is 4. The first kappa shape index (κ1) is 14.4. The topological polar surface area (TPSA) is 49.5 Å². The Kier molecular flexibility index (Phi) is 4.83. The molecule has 1 aliphatic rings. The minimum atomic E-state index is -0.406. The molecular weight excluding hydrogens is 236 g/mol. The molecule has 0 aliphatic carbocycles. The molecule has 1 heterocycles. The fourth-order valence-corrected chi connectivity index (χ4v) is 2.87. The van der Waals surface area contributed by atoms with E-state index in [1.807, 2.05) is 24.3 Å². The molecule has 0 bridgehead atoms. The third-order valence-electron chi connectivity index (χ3n) is 4.33. The lowest BCUT2D eigenvalue weighted by atomic mass is 9.86. The Bertz CT molecular complexity index is 380. The number of piperidine rings is 1. The third kappa shape index (κ3) is 3.95. The highest BCUT2D eigenvalue weighted by molar-refractivity contribution is 5.39. The number of hydrogen-bond acceptors (Lipinski definition) is 3. The van der Waals surface area contributed by atoms with Crippen molar-refractivity contribution in [2.45, 2.75) is 32.8 Å². The molecule has 1 unspecified atom stereocenters. The zero-order chi connectivity index (χ0) is 13.8. The summed E-state index contributed by atoms with van der Waals surface area (Å²) in [5.41, 5.74) is 7.37. The zero-order valence-electron chi connectivity index (χ0n) is 12.0. The van der Waals surface area contributed by atoms with E-state index >= 15 is 0 Å². The molecule has 1 atom stereocenters. The van der Waals surface area contributed by atoms with Crippen LogP contribution in [0.15, 0.2) is 24.3 Å². The SMILES string of the molecule is CC(C)C1CCN(CC(O)c2ccc(N)cc2)CC1. The van der Waals surface area contributed by atoms with Gasteiger partial charge in [0.2, 0.25) is 0 Å². The van der Waals surface area contributed by atoms with Gasteiger partial charge in [0.15, 0.2) is 0 Å². The number of hydrogen-bond donors (Lipinski definition) is 2. The summed E-state index contributed by atoms with van der Waals surface area (Å²) in [6.45, 7) is 7.56. The Hall–Kier alpha value is -1.06. The molecule has 0 spiro atoms. The van der Waals surface area contributed by atoms with Crippen LogP contribution in [-0.4, -0.2) is 29.6 Å².